The van der Waals surface area contributed by atoms with E-state index < -0.39 is 0 Å². The van der Waals surface area contributed by atoms with Crippen LogP contribution in [-0.4, -0.2) is 17.8 Å². The highest BCUT2D eigenvalue weighted by Gasteiger charge is 2.21. The molecule has 18 heavy (non-hydrogen) atoms. The van der Waals surface area contributed by atoms with Gasteiger partial charge in [-0.25, -0.2) is 0 Å². The molecule has 0 spiro atoms. The summed E-state index contributed by atoms with van der Waals surface area (Å²) in [6.45, 7) is 4.23. The molecule has 3 nitrogen and oxygen atoms in total. The van der Waals surface area contributed by atoms with Gasteiger partial charge in [0.1, 0.15) is 5.25 Å². The fraction of sp³-hybridized carbons (Fsp3) is 0.462. The highest BCUT2D eigenvalue weighted by Crippen LogP contribution is 2.33. The summed E-state index contributed by atoms with van der Waals surface area (Å²) in [5.41, 5.74) is 6.51. The SMILES string of the molecule is CCCC(Sc1cc(Cl)ccc1N)C(=O)OCC. The molecule has 0 bridgehead atoms. The normalized spacial score (nSPS) is 12.2. The second-order valence-corrected chi connectivity index (χ2v) is 5.51. The summed E-state index contributed by atoms with van der Waals surface area (Å²) in [6.07, 6.45) is 1.67. The Morgan fingerprint density at radius 1 is 1.50 bits per heavy atom. The third kappa shape index (κ3) is 4.42. The number of halogens is 1. The molecule has 0 aliphatic heterocycles. The number of nitrogen functional groups attached to an aromatic ring is 1. The number of carbonyl (C=O) groups is 1. The molecule has 0 saturated carbocycles. The van der Waals surface area contributed by atoms with Crippen LogP contribution in [0.25, 0.3) is 0 Å². The predicted molar refractivity (Wildman–Crippen MR) is 77.1 cm³/mol. The Kier molecular flexibility index (Phi) is 6.36. The van der Waals surface area contributed by atoms with Crippen molar-refractivity contribution in [3.63, 3.8) is 0 Å². The van der Waals surface area contributed by atoms with Gasteiger partial charge in [0, 0.05) is 15.6 Å². The summed E-state index contributed by atoms with van der Waals surface area (Å²) in [5.74, 6) is -0.191. The number of esters is 1. The first-order chi connectivity index (χ1) is 8.58. The maximum Gasteiger partial charge on any atom is 0.319 e. The Balaban J connectivity index is 2.82. The van der Waals surface area contributed by atoms with Crippen LogP contribution < -0.4 is 5.73 Å². The van der Waals surface area contributed by atoms with Gasteiger partial charge in [-0.1, -0.05) is 24.9 Å². The smallest absolute Gasteiger partial charge is 0.319 e. The molecular formula is C13H18ClNO2S. The summed E-state index contributed by atoms with van der Waals surface area (Å²) in [7, 11) is 0. The van der Waals surface area contributed by atoms with E-state index in [4.69, 9.17) is 22.1 Å². The molecule has 0 heterocycles. The molecule has 1 rings (SSSR count). The molecular weight excluding hydrogens is 270 g/mol. The first-order valence-electron chi connectivity index (χ1n) is 5.96. The van der Waals surface area contributed by atoms with Crippen LogP contribution in [0.3, 0.4) is 0 Å². The number of anilines is 1. The van der Waals surface area contributed by atoms with Crippen molar-refractivity contribution in [2.75, 3.05) is 12.3 Å². The largest absolute Gasteiger partial charge is 0.465 e. The average Bonchev–Trinajstić information content (AvgIpc) is 2.33. The van der Waals surface area contributed by atoms with Crippen LogP contribution in [0.2, 0.25) is 5.02 Å². The molecule has 0 saturated heterocycles. The van der Waals surface area contributed by atoms with Gasteiger partial charge in [0.25, 0.3) is 0 Å². The molecule has 0 aromatic heterocycles. The van der Waals surface area contributed by atoms with E-state index in [1.54, 1.807) is 25.1 Å². The van der Waals surface area contributed by atoms with Gasteiger partial charge in [0.2, 0.25) is 0 Å². The molecule has 0 aliphatic carbocycles. The van der Waals surface area contributed by atoms with Crippen molar-refractivity contribution in [3.05, 3.63) is 23.2 Å². The highest BCUT2D eigenvalue weighted by molar-refractivity contribution is 8.00. The molecule has 1 aromatic rings. The van der Waals surface area contributed by atoms with Crippen LogP contribution in [0.15, 0.2) is 23.1 Å². The summed E-state index contributed by atoms with van der Waals surface area (Å²) in [6, 6.07) is 5.27. The lowest BCUT2D eigenvalue weighted by atomic mass is 10.2. The van der Waals surface area contributed by atoms with Crippen molar-refractivity contribution < 1.29 is 9.53 Å². The van der Waals surface area contributed by atoms with Crippen molar-refractivity contribution >= 4 is 35.0 Å². The fourth-order valence-electron chi connectivity index (χ4n) is 1.49. The number of ether oxygens (including phenoxy) is 1. The van der Waals surface area contributed by atoms with E-state index in [1.165, 1.54) is 11.8 Å². The number of benzene rings is 1. The Labute approximate surface area is 117 Å². The van der Waals surface area contributed by atoms with E-state index in [-0.39, 0.29) is 11.2 Å². The fourth-order valence-corrected chi connectivity index (χ4v) is 2.95. The second kappa shape index (κ2) is 7.54. The van der Waals surface area contributed by atoms with E-state index >= 15 is 0 Å². The molecule has 1 atom stereocenters. The van der Waals surface area contributed by atoms with Crippen LogP contribution in [0.4, 0.5) is 5.69 Å². The quantitative estimate of drug-likeness (QED) is 0.492. The lowest BCUT2D eigenvalue weighted by Crippen LogP contribution is -2.20. The maximum atomic E-state index is 11.8. The Hall–Kier alpha value is -0.870. The van der Waals surface area contributed by atoms with Crippen molar-refractivity contribution in [3.8, 4) is 0 Å². The van der Waals surface area contributed by atoms with Crippen LogP contribution in [0.5, 0.6) is 0 Å². The van der Waals surface area contributed by atoms with Crippen LogP contribution >= 0.6 is 23.4 Å². The van der Waals surface area contributed by atoms with Crippen molar-refractivity contribution in [2.24, 2.45) is 0 Å². The van der Waals surface area contributed by atoms with E-state index in [1.807, 2.05) is 6.92 Å². The zero-order valence-electron chi connectivity index (χ0n) is 10.6. The maximum absolute atomic E-state index is 11.8. The Bertz CT molecular complexity index is 412. The van der Waals surface area contributed by atoms with E-state index in [0.29, 0.717) is 17.3 Å². The van der Waals surface area contributed by atoms with Gasteiger partial charge in [0.15, 0.2) is 0 Å². The number of rotatable bonds is 6. The summed E-state index contributed by atoms with van der Waals surface area (Å²) in [5, 5.41) is 0.390. The highest BCUT2D eigenvalue weighted by atomic mass is 35.5. The third-order valence-electron chi connectivity index (χ3n) is 2.35. The van der Waals surface area contributed by atoms with Gasteiger partial charge in [-0.15, -0.1) is 11.8 Å². The molecule has 100 valence electrons. The topological polar surface area (TPSA) is 52.3 Å². The average molecular weight is 288 g/mol. The first kappa shape index (κ1) is 15.2. The summed E-state index contributed by atoms with van der Waals surface area (Å²) in [4.78, 5) is 12.6. The molecule has 0 amide bonds. The van der Waals surface area contributed by atoms with Crippen LogP contribution in [0.1, 0.15) is 26.7 Å². The molecule has 0 radical (unpaired) electrons. The Morgan fingerprint density at radius 2 is 2.22 bits per heavy atom. The van der Waals surface area contributed by atoms with Gasteiger partial charge in [0.05, 0.1) is 6.61 Å². The molecule has 1 aromatic carbocycles. The van der Waals surface area contributed by atoms with Gasteiger partial charge >= 0.3 is 5.97 Å². The third-order valence-corrected chi connectivity index (χ3v) is 3.90. The second-order valence-electron chi connectivity index (χ2n) is 3.83. The number of thioether (sulfide) groups is 1. The summed E-state index contributed by atoms with van der Waals surface area (Å²) < 4.78 is 5.07. The first-order valence-corrected chi connectivity index (χ1v) is 7.22. The van der Waals surface area contributed by atoms with Gasteiger partial charge in [-0.05, 0) is 31.5 Å². The lowest BCUT2D eigenvalue weighted by molar-refractivity contribution is -0.142. The lowest BCUT2D eigenvalue weighted by Gasteiger charge is -2.15. The standard InChI is InChI=1S/C13H18ClNO2S/c1-3-5-11(13(16)17-4-2)18-12-8-9(14)6-7-10(12)15/h6-8,11H,3-5,15H2,1-2H3. The number of hydrogen-bond donors (Lipinski definition) is 1. The number of nitrogens with two attached hydrogens (primary N) is 1. The van der Waals surface area contributed by atoms with E-state index in [0.717, 1.165) is 17.7 Å². The van der Waals surface area contributed by atoms with Crippen molar-refractivity contribution in [2.45, 2.75) is 36.8 Å². The molecule has 2 N–H and O–H groups in total. The zero-order valence-corrected chi connectivity index (χ0v) is 12.2. The monoisotopic (exact) mass is 287 g/mol. The van der Waals surface area contributed by atoms with Crippen LogP contribution in [0, 0.1) is 0 Å². The Morgan fingerprint density at radius 3 is 2.83 bits per heavy atom. The predicted octanol–water partition coefficient (Wildman–Crippen LogP) is 3.75. The van der Waals surface area contributed by atoms with Gasteiger partial charge in [-0.3, -0.25) is 4.79 Å². The van der Waals surface area contributed by atoms with Gasteiger partial charge in [-0.2, -0.15) is 0 Å². The molecule has 0 aliphatic rings. The summed E-state index contributed by atoms with van der Waals surface area (Å²) >= 11 is 7.35. The molecule has 5 heteroatoms. The minimum absolute atomic E-state index is 0.191. The van der Waals surface area contributed by atoms with Crippen molar-refractivity contribution in [1.29, 1.82) is 0 Å². The van der Waals surface area contributed by atoms with Crippen molar-refractivity contribution in [1.82, 2.24) is 0 Å². The molecule has 0 fully saturated rings. The minimum Gasteiger partial charge on any atom is -0.465 e. The minimum atomic E-state index is -0.226. The van der Waals surface area contributed by atoms with E-state index in [9.17, 15) is 4.79 Å². The van der Waals surface area contributed by atoms with E-state index in [2.05, 4.69) is 0 Å². The number of hydrogen-bond acceptors (Lipinski definition) is 4. The molecule has 1 unspecified atom stereocenters. The number of carbonyl (C=O) groups excluding carboxylic acids is 1. The zero-order chi connectivity index (χ0) is 13.5. The van der Waals surface area contributed by atoms with Gasteiger partial charge < -0.3 is 10.5 Å². The van der Waals surface area contributed by atoms with Crippen LogP contribution in [-0.2, 0) is 9.53 Å².